The Morgan fingerprint density at radius 1 is 1.29 bits per heavy atom. The number of rotatable bonds is 3. The van der Waals surface area contributed by atoms with Crippen LogP contribution in [0.3, 0.4) is 0 Å². The molecule has 1 aliphatic rings. The number of ketones is 1. The summed E-state index contributed by atoms with van der Waals surface area (Å²) in [5.74, 6) is -2.40. The minimum atomic E-state index is -1.06. The van der Waals surface area contributed by atoms with E-state index >= 15 is 0 Å². The lowest BCUT2D eigenvalue weighted by Crippen LogP contribution is -2.36. The Morgan fingerprint density at radius 2 is 1.94 bits per heavy atom. The maximum absolute atomic E-state index is 13.6. The monoisotopic (exact) mass is 239 g/mol. The van der Waals surface area contributed by atoms with Gasteiger partial charge in [-0.1, -0.05) is 18.9 Å². The molecule has 1 aromatic rings. The summed E-state index contributed by atoms with van der Waals surface area (Å²) in [6.07, 6.45) is 3.16. The Hall–Kier alpha value is -1.29. The van der Waals surface area contributed by atoms with Gasteiger partial charge in [0, 0.05) is 12.0 Å². The van der Waals surface area contributed by atoms with Crippen LogP contribution in [0.25, 0.3) is 0 Å². The molecule has 17 heavy (non-hydrogen) atoms. The van der Waals surface area contributed by atoms with Crippen LogP contribution >= 0.6 is 0 Å². The molecule has 0 spiro atoms. The molecule has 1 aliphatic carbocycles. The van der Waals surface area contributed by atoms with Crippen molar-refractivity contribution in [1.82, 2.24) is 0 Å². The summed E-state index contributed by atoms with van der Waals surface area (Å²) in [6, 6.07) is 3.69. The summed E-state index contributed by atoms with van der Waals surface area (Å²) in [5, 5.41) is 0. The lowest BCUT2D eigenvalue weighted by molar-refractivity contribution is 0.0804. The number of benzene rings is 1. The summed E-state index contributed by atoms with van der Waals surface area (Å²) in [5.41, 5.74) is 4.80. The average Bonchev–Trinajstić information content (AvgIpc) is 2.82. The molecule has 2 nitrogen and oxygen atoms in total. The molecule has 0 atom stereocenters. The van der Waals surface area contributed by atoms with Gasteiger partial charge in [0.25, 0.3) is 0 Å². The van der Waals surface area contributed by atoms with E-state index in [2.05, 4.69) is 0 Å². The first-order valence-electron chi connectivity index (χ1n) is 5.80. The number of carbonyl (C=O) groups excluding carboxylic acids is 1. The van der Waals surface area contributed by atoms with Gasteiger partial charge in [0.15, 0.2) is 17.4 Å². The second-order valence-electron chi connectivity index (χ2n) is 4.62. The topological polar surface area (TPSA) is 43.1 Å². The fourth-order valence-electron chi connectivity index (χ4n) is 2.54. The van der Waals surface area contributed by atoms with Gasteiger partial charge in [-0.3, -0.25) is 4.79 Å². The number of nitrogens with two attached hydrogens (primary N) is 1. The molecule has 2 rings (SSSR count). The number of Topliss-reactive ketones (excluding diaryl/α,β-unsaturated/α-hetero) is 1. The summed E-state index contributed by atoms with van der Waals surface area (Å²) >= 11 is 0. The highest BCUT2D eigenvalue weighted by Gasteiger charge is 2.41. The van der Waals surface area contributed by atoms with E-state index in [-0.39, 0.29) is 17.9 Å². The first-order valence-corrected chi connectivity index (χ1v) is 5.80. The van der Waals surface area contributed by atoms with Gasteiger partial charge in [-0.25, -0.2) is 8.78 Å². The van der Waals surface area contributed by atoms with Crippen LogP contribution in [0.2, 0.25) is 0 Å². The van der Waals surface area contributed by atoms with Crippen LogP contribution in [0.4, 0.5) is 8.78 Å². The first-order chi connectivity index (χ1) is 8.10. The summed E-state index contributed by atoms with van der Waals surface area (Å²) in [6.45, 7) is 0.196. The first kappa shape index (κ1) is 12.2. The van der Waals surface area contributed by atoms with Gasteiger partial charge in [0.2, 0.25) is 0 Å². The average molecular weight is 239 g/mol. The molecule has 0 saturated heterocycles. The van der Waals surface area contributed by atoms with Gasteiger partial charge in [0.05, 0.1) is 5.56 Å². The molecule has 92 valence electrons. The molecule has 0 aliphatic heterocycles. The largest absolute Gasteiger partial charge is 0.329 e. The van der Waals surface area contributed by atoms with Crippen molar-refractivity contribution in [2.24, 2.45) is 11.1 Å². The summed E-state index contributed by atoms with van der Waals surface area (Å²) in [7, 11) is 0. The van der Waals surface area contributed by atoms with Gasteiger partial charge >= 0.3 is 0 Å². The minimum absolute atomic E-state index is 0.169. The second-order valence-corrected chi connectivity index (χ2v) is 4.62. The second kappa shape index (κ2) is 4.53. The molecule has 4 heteroatoms. The van der Waals surface area contributed by atoms with Crippen LogP contribution in [0.5, 0.6) is 0 Å². The van der Waals surface area contributed by atoms with Crippen LogP contribution in [-0.4, -0.2) is 12.3 Å². The lowest BCUT2D eigenvalue weighted by Gasteiger charge is -2.25. The van der Waals surface area contributed by atoms with Crippen LogP contribution < -0.4 is 5.73 Å². The quantitative estimate of drug-likeness (QED) is 0.824. The summed E-state index contributed by atoms with van der Waals surface area (Å²) < 4.78 is 26.7. The SMILES string of the molecule is NCC1(C(=O)c2cccc(F)c2F)CCCC1. The molecule has 0 aromatic heterocycles. The Kier molecular flexibility index (Phi) is 3.24. The molecular weight excluding hydrogens is 224 g/mol. The predicted octanol–water partition coefficient (Wildman–Crippen LogP) is 2.67. The molecule has 0 bridgehead atoms. The van der Waals surface area contributed by atoms with Crippen molar-refractivity contribution in [3.8, 4) is 0 Å². The van der Waals surface area contributed by atoms with Crippen molar-refractivity contribution < 1.29 is 13.6 Å². The maximum Gasteiger partial charge on any atom is 0.173 e. The molecule has 2 N–H and O–H groups in total. The van der Waals surface area contributed by atoms with Crippen molar-refractivity contribution >= 4 is 5.78 Å². The minimum Gasteiger partial charge on any atom is -0.329 e. The van der Waals surface area contributed by atoms with Crippen molar-refractivity contribution in [3.63, 3.8) is 0 Å². The van der Waals surface area contributed by atoms with E-state index in [0.29, 0.717) is 12.8 Å². The molecule has 1 aromatic carbocycles. The van der Waals surface area contributed by atoms with Crippen molar-refractivity contribution in [2.75, 3.05) is 6.54 Å². The van der Waals surface area contributed by atoms with E-state index in [1.165, 1.54) is 12.1 Å². The number of halogens is 2. The molecule has 0 heterocycles. The van der Waals surface area contributed by atoms with E-state index < -0.39 is 17.0 Å². The fourth-order valence-corrected chi connectivity index (χ4v) is 2.54. The Bertz CT molecular complexity index is 439. The number of hydrogen-bond acceptors (Lipinski definition) is 2. The van der Waals surface area contributed by atoms with Crippen molar-refractivity contribution in [1.29, 1.82) is 0 Å². The molecule has 1 fully saturated rings. The van der Waals surface area contributed by atoms with Gasteiger partial charge in [-0.05, 0) is 25.0 Å². The standard InChI is InChI=1S/C13H15F2NO/c14-10-5-3-4-9(11(10)15)12(17)13(8-16)6-1-2-7-13/h3-5H,1-2,6-8,16H2. The van der Waals surface area contributed by atoms with Crippen LogP contribution in [-0.2, 0) is 0 Å². The van der Waals surface area contributed by atoms with E-state index in [1.807, 2.05) is 0 Å². The van der Waals surface area contributed by atoms with Crippen LogP contribution in [0.1, 0.15) is 36.0 Å². The van der Waals surface area contributed by atoms with Crippen LogP contribution in [0, 0.1) is 17.0 Å². The van der Waals surface area contributed by atoms with E-state index in [9.17, 15) is 13.6 Å². The van der Waals surface area contributed by atoms with E-state index in [0.717, 1.165) is 18.9 Å². The fraction of sp³-hybridized carbons (Fsp3) is 0.462. The Balaban J connectivity index is 2.39. The zero-order chi connectivity index (χ0) is 12.5. The van der Waals surface area contributed by atoms with Gasteiger partial charge in [-0.2, -0.15) is 0 Å². The summed E-state index contributed by atoms with van der Waals surface area (Å²) in [4.78, 5) is 12.3. The van der Waals surface area contributed by atoms with Crippen LogP contribution in [0.15, 0.2) is 18.2 Å². The Labute approximate surface area is 98.8 Å². The maximum atomic E-state index is 13.6. The van der Waals surface area contributed by atoms with Crippen molar-refractivity contribution in [3.05, 3.63) is 35.4 Å². The van der Waals surface area contributed by atoms with Crippen molar-refractivity contribution in [2.45, 2.75) is 25.7 Å². The third-order valence-corrected chi connectivity index (χ3v) is 3.63. The van der Waals surface area contributed by atoms with Gasteiger partial charge in [0.1, 0.15) is 0 Å². The smallest absolute Gasteiger partial charge is 0.173 e. The molecule has 0 amide bonds. The van der Waals surface area contributed by atoms with E-state index in [1.54, 1.807) is 0 Å². The number of hydrogen-bond donors (Lipinski definition) is 1. The zero-order valence-corrected chi connectivity index (χ0v) is 9.51. The third kappa shape index (κ3) is 1.97. The van der Waals surface area contributed by atoms with Gasteiger partial charge < -0.3 is 5.73 Å². The molecule has 1 saturated carbocycles. The highest BCUT2D eigenvalue weighted by molar-refractivity contribution is 6.01. The highest BCUT2D eigenvalue weighted by atomic mass is 19.2. The predicted molar refractivity (Wildman–Crippen MR) is 60.6 cm³/mol. The van der Waals surface area contributed by atoms with Gasteiger partial charge in [-0.15, -0.1) is 0 Å². The third-order valence-electron chi connectivity index (χ3n) is 3.63. The highest BCUT2D eigenvalue weighted by Crippen LogP contribution is 2.40. The lowest BCUT2D eigenvalue weighted by atomic mass is 9.78. The van der Waals surface area contributed by atoms with E-state index in [4.69, 9.17) is 5.73 Å². The Morgan fingerprint density at radius 3 is 2.53 bits per heavy atom. The number of carbonyl (C=O) groups is 1. The molecule has 0 unspecified atom stereocenters. The normalized spacial score (nSPS) is 18.3. The molecule has 0 radical (unpaired) electrons. The zero-order valence-electron chi connectivity index (χ0n) is 9.51. The molecular formula is C13H15F2NO.